The average molecular weight is 289 g/mol. The van der Waals surface area contributed by atoms with E-state index in [1.165, 1.54) is 42.9 Å². The second-order valence-electron chi connectivity index (χ2n) is 7.11. The van der Waals surface area contributed by atoms with Crippen molar-refractivity contribution in [2.45, 2.75) is 50.5 Å². The van der Waals surface area contributed by atoms with Crippen molar-refractivity contribution in [3.05, 3.63) is 30.3 Å². The summed E-state index contributed by atoms with van der Waals surface area (Å²) in [6, 6.07) is 11.5. The zero-order chi connectivity index (χ0) is 14.0. The molecular formula is C18H27NS. The highest BCUT2D eigenvalue weighted by atomic mass is 32.2. The lowest BCUT2D eigenvalue weighted by Crippen LogP contribution is -2.37. The van der Waals surface area contributed by atoms with Gasteiger partial charge in [-0.1, -0.05) is 32.0 Å². The van der Waals surface area contributed by atoms with Gasteiger partial charge in [0.2, 0.25) is 0 Å². The molecule has 1 nitrogen and oxygen atoms in total. The predicted molar refractivity (Wildman–Crippen MR) is 88.2 cm³/mol. The van der Waals surface area contributed by atoms with Gasteiger partial charge >= 0.3 is 0 Å². The van der Waals surface area contributed by atoms with Gasteiger partial charge < -0.3 is 5.32 Å². The molecule has 20 heavy (non-hydrogen) atoms. The quantitative estimate of drug-likeness (QED) is 0.737. The Morgan fingerprint density at radius 1 is 1.20 bits per heavy atom. The lowest BCUT2D eigenvalue weighted by Gasteiger charge is -2.32. The van der Waals surface area contributed by atoms with Crippen LogP contribution in [0.5, 0.6) is 0 Å². The van der Waals surface area contributed by atoms with Crippen LogP contribution in [0.1, 0.15) is 39.5 Å². The molecule has 0 amide bonds. The molecule has 0 aliphatic heterocycles. The van der Waals surface area contributed by atoms with Crippen molar-refractivity contribution >= 4 is 11.8 Å². The van der Waals surface area contributed by atoms with Crippen LogP contribution in [0.25, 0.3) is 0 Å². The number of nitrogens with one attached hydrogen (secondary N) is 1. The summed E-state index contributed by atoms with van der Waals surface area (Å²) < 4.78 is 0. The average Bonchev–Trinajstić information content (AvgIpc) is 3.06. The van der Waals surface area contributed by atoms with E-state index >= 15 is 0 Å². The fourth-order valence-electron chi connectivity index (χ4n) is 3.77. The molecular weight excluding hydrogens is 262 g/mol. The fourth-order valence-corrected chi connectivity index (χ4v) is 4.89. The maximum absolute atomic E-state index is 3.71. The molecule has 1 N–H and O–H groups in total. The van der Waals surface area contributed by atoms with Crippen molar-refractivity contribution < 1.29 is 0 Å². The fraction of sp³-hybridized carbons (Fsp3) is 0.667. The van der Waals surface area contributed by atoms with Crippen LogP contribution in [0.3, 0.4) is 0 Å². The SMILES string of the molecule is CC(C)NCC1(CCSc2ccccc2)CC2CC2C1. The number of thioether (sulfide) groups is 1. The van der Waals surface area contributed by atoms with Gasteiger partial charge in [-0.2, -0.15) is 0 Å². The van der Waals surface area contributed by atoms with E-state index in [0.29, 0.717) is 11.5 Å². The van der Waals surface area contributed by atoms with E-state index < -0.39 is 0 Å². The molecule has 3 rings (SSSR count). The third-order valence-electron chi connectivity index (χ3n) is 4.99. The third kappa shape index (κ3) is 3.59. The van der Waals surface area contributed by atoms with Crippen LogP contribution < -0.4 is 5.32 Å². The summed E-state index contributed by atoms with van der Waals surface area (Å²) in [7, 11) is 0. The Labute approximate surface area is 127 Å². The van der Waals surface area contributed by atoms with E-state index in [-0.39, 0.29) is 0 Å². The van der Waals surface area contributed by atoms with Gasteiger partial charge in [0, 0.05) is 17.5 Å². The Morgan fingerprint density at radius 3 is 2.55 bits per heavy atom. The first kappa shape index (κ1) is 14.5. The molecule has 0 aromatic heterocycles. The van der Waals surface area contributed by atoms with Gasteiger partial charge in [0.05, 0.1) is 0 Å². The molecule has 2 aliphatic rings. The first-order valence-corrected chi connectivity index (χ1v) is 9.07. The molecule has 2 atom stereocenters. The second-order valence-corrected chi connectivity index (χ2v) is 8.28. The monoisotopic (exact) mass is 289 g/mol. The Kier molecular flexibility index (Phi) is 4.42. The smallest absolute Gasteiger partial charge is 0.00719 e. The van der Waals surface area contributed by atoms with E-state index in [2.05, 4.69) is 49.5 Å². The summed E-state index contributed by atoms with van der Waals surface area (Å²) in [6.45, 7) is 5.76. The highest BCUT2D eigenvalue weighted by molar-refractivity contribution is 7.99. The van der Waals surface area contributed by atoms with Crippen LogP contribution in [0, 0.1) is 17.3 Å². The molecule has 2 saturated carbocycles. The molecule has 1 aromatic carbocycles. The third-order valence-corrected chi connectivity index (χ3v) is 6.00. The van der Waals surface area contributed by atoms with Crippen LogP contribution in [-0.4, -0.2) is 18.3 Å². The van der Waals surface area contributed by atoms with Gasteiger partial charge in [0.25, 0.3) is 0 Å². The van der Waals surface area contributed by atoms with Crippen molar-refractivity contribution in [1.29, 1.82) is 0 Å². The van der Waals surface area contributed by atoms with E-state index in [9.17, 15) is 0 Å². The van der Waals surface area contributed by atoms with Crippen molar-refractivity contribution in [1.82, 2.24) is 5.32 Å². The molecule has 0 radical (unpaired) electrons. The van der Waals surface area contributed by atoms with Crippen LogP contribution in [-0.2, 0) is 0 Å². The zero-order valence-electron chi connectivity index (χ0n) is 12.8. The van der Waals surface area contributed by atoms with Crippen molar-refractivity contribution in [2.24, 2.45) is 17.3 Å². The number of benzene rings is 1. The van der Waals surface area contributed by atoms with E-state index in [4.69, 9.17) is 0 Å². The molecule has 0 bridgehead atoms. The minimum atomic E-state index is 0.597. The Hall–Kier alpha value is -0.470. The molecule has 110 valence electrons. The Balaban J connectivity index is 1.51. The lowest BCUT2D eigenvalue weighted by atomic mass is 9.80. The molecule has 0 heterocycles. The van der Waals surface area contributed by atoms with Gasteiger partial charge in [-0.25, -0.2) is 0 Å². The Bertz CT molecular complexity index is 418. The van der Waals surface area contributed by atoms with Gasteiger partial charge in [0.15, 0.2) is 0 Å². The standard InChI is InChI=1S/C18H27NS/c1-14(2)19-13-18(11-15-10-16(15)12-18)8-9-20-17-6-4-3-5-7-17/h3-7,14-16,19H,8-13H2,1-2H3. The minimum Gasteiger partial charge on any atom is -0.314 e. The molecule has 2 fully saturated rings. The largest absolute Gasteiger partial charge is 0.314 e. The van der Waals surface area contributed by atoms with Gasteiger partial charge in [-0.05, 0) is 60.8 Å². The van der Waals surface area contributed by atoms with Crippen LogP contribution in [0.2, 0.25) is 0 Å². The van der Waals surface area contributed by atoms with Crippen LogP contribution >= 0.6 is 11.8 Å². The first-order chi connectivity index (χ1) is 9.67. The topological polar surface area (TPSA) is 12.0 Å². The molecule has 0 saturated heterocycles. The van der Waals surface area contributed by atoms with Gasteiger partial charge in [-0.3, -0.25) is 0 Å². The number of fused-ring (bicyclic) bond motifs is 1. The summed E-state index contributed by atoms with van der Waals surface area (Å²) >= 11 is 2.03. The summed E-state index contributed by atoms with van der Waals surface area (Å²) in [4.78, 5) is 1.42. The zero-order valence-corrected chi connectivity index (χ0v) is 13.6. The van der Waals surface area contributed by atoms with E-state index in [0.717, 1.165) is 11.8 Å². The van der Waals surface area contributed by atoms with Crippen molar-refractivity contribution in [3.63, 3.8) is 0 Å². The Morgan fingerprint density at radius 2 is 1.90 bits per heavy atom. The highest BCUT2D eigenvalue weighted by Gasteiger charge is 2.52. The first-order valence-electron chi connectivity index (χ1n) is 8.08. The normalized spacial score (nSPS) is 31.6. The summed E-state index contributed by atoms with van der Waals surface area (Å²) in [5, 5.41) is 3.71. The number of hydrogen-bond donors (Lipinski definition) is 1. The van der Waals surface area contributed by atoms with Crippen LogP contribution in [0.4, 0.5) is 0 Å². The summed E-state index contributed by atoms with van der Waals surface area (Å²) in [6.07, 6.45) is 5.86. The van der Waals surface area contributed by atoms with Gasteiger partial charge in [0.1, 0.15) is 0 Å². The number of rotatable bonds is 7. The lowest BCUT2D eigenvalue weighted by molar-refractivity contribution is 0.236. The maximum Gasteiger partial charge on any atom is 0.00719 e. The second kappa shape index (κ2) is 6.11. The van der Waals surface area contributed by atoms with Crippen molar-refractivity contribution in [2.75, 3.05) is 12.3 Å². The molecule has 2 heteroatoms. The maximum atomic E-state index is 3.71. The van der Waals surface area contributed by atoms with E-state index in [1.54, 1.807) is 0 Å². The van der Waals surface area contributed by atoms with Crippen LogP contribution in [0.15, 0.2) is 35.2 Å². The molecule has 0 spiro atoms. The molecule has 1 aromatic rings. The predicted octanol–water partition coefficient (Wildman–Crippen LogP) is 4.58. The highest BCUT2D eigenvalue weighted by Crippen LogP contribution is 2.61. The number of hydrogen-bond acceptors (Lipinski definition) is 2. The molecule has 2 aliphatic carbocycles. The van der Waals surface area contributed by atoms with E-state index in [1.807, 2.05) is 11.8 Å². The minimum absolute atomic E-state index is 0.597. The van der Waals surface area contributed by atoms with Gasteiger partial charge in [-0.15, -0.1) is 11.8 Å². The van der Waals surface area contributed by atoms with Crippen molar-refractivity contribution in [3.8, 4) is 0 Å². The summed E-state index contributed by atoms with van der Waals surface area (Å²) in [5.74, 6) is 3.42. The summed E-state index contributed by atoms with van der Waals surface area (Å²) in [5.41, 5.74) is 0.597. The molecule has 2 unspecified atom stereocenters.